The number of methoxy groups -OCH3 is 1. The van der Waals surface area contributed by atoms with Gasteiger partial charge in [0.2, 0.25) is 0 Å². The molecule has 1 aliphatic heterocycles. The van der Waals surface area contributed by atoms with Crippen molar-refractivity contribution in [2.45, 2.75) is 51.8 Å². The Morgan fingerprint density at radius 3 is 2.78 bits per heavy atom. The highest BCUT2D eigenvalue weighted by atomic mass is 16.5. The summed E-state index contributed by atoms with van der Waals surface area (Å²) in [5.41, 5.74) is 10.4. The summed E-state index contributed by atoms with van der Waals surface area (Å²) in [5.74, 6) is 1.28. The van der Waals surface area contributed by atoms with Crippen LogP contribution in [0.1, 0.15) is 49.9 Å². The minimum atomic E-state index is -0.304. The van der Waals surface area contributed by atoms with E-state index in [0.717, 1.165) is 35.4 Å². The van der Waals surface area contributed by atoms with Crippen LogP contribution in [0.25, 0.3) is 0 Å². The van der Waals surface area contributed by atoms with Crippen molar-refractivity contribution in [3.63, 3.8) is 0 Å². The van der Waals surface area contributed by atoms with Gasteiger partial charge < -0.3 is 15.2 Å². The van der Waals surface area contributed by atoms with E-state index >= 15 is 0 Å². The van der Waals surface area contributed by atoms with Gasteiger partial charge in [0.05, 0.1) is 24.4 Å². The number of amidine groups is 1. The number of ether oxygens (including phenoxy) is 2. The lowest BCUT2D eigenvalue weighted by Crippen LogP contribution is -2.38. The standard InChI is InChI=1S/C23H27N7O2/c1-23(2,3)30-27-21(26-28-30)29(18-11-8-14-6-5-7-19(31-4)20(14)18)22-25-17-10-9-16(24)12-15(17)13-32-22/h5-7,9-10,12,18H,8,11,13,24H2,1-4H3. The van der Waals surface area contributed by atoms with E-state index in [1.54, 1.807) is 11.9 Å². The van der Waals surface area contributed by atoms with Gasteiger partial charge in [-0.1, -0.05) is 17.2 Å². The number of fused-ring (bicyclic) bond motifs is 2. The monoisotopic (exact) mass is 433 g/mol. The van der Waals surface area contributed by atoms with Crippen LogP contribution >= 0.6 is 0 Å². The van der Waals surface area contributed by atoms with E-state index < -0.39 is 0 Å². The zero-order valence-electron chi connectivity index (χ0n) is 18.7. The van der Waals surface area contributed by atoms with Gasteiger partial charge in [-0.05, 0) is 68.7 Å². The van der Waals surface area contributed by atoms with Crippen LogP contribution < -0.4 is 15.4 Å². The number of rotatable bonds is 3. The second-order valence-electron chi connectivity index (χ2n) is 9.08. The molecule has 0 saturated carbocycles. The Labute approximate surface area is 186 Å². The molecule has 9 heteroatoms. The maximum Gasteiger partial charge on any atom is 0.300 e. The lowest BCUT2D eigenvalue weighted by molar-refractivity contribution is 0.273. The number of nitrogen functional groups attached to an aromatic ring is 1. The van der Waals surface area contributed by atoms with Crippen LogP contribution in [-0.4, -0.2) is 33.3 Å². The van der Waals surface area contributed by atoms with E-state index in [2.05, 4.69) is 16.4 Å². The zero-order valence-corrected chi connectivity index (χ0v) is 18.7. The number of tetrazole rings is 1. The second kappa shape index (κ2) is 7.51. The van der Waals surface area contributed by atoms with Crippen LogP contribution in [0.5, 0.6) is 5.75 Å². The topological polar surface area (TPSA) is 104 Å². The smallest absolute Gasteiger partial charge is 0.300 e. The summed E-state index contributed by atoms with van der Waals surface area (Å²) in [4.78, 5) is 8.38. The van der Waals surface area contributed by atoms with Gasteiger partial charge in [0.15, 0.2) is 0 Å². The first-order valence-corrected chi connectivity index (χ1v) is 10.7. The summed E-state index contributed by atoms with van der Waals surface area (Å²) in [5, 5.41) is 13.4. The largest absolute Gasteiger partial charge is 0.496 e. The Hall–Kier alpha value is -3.62. The maximum absolute atomic E-state index is 6.13. The van der Waals surface area contributed by atoms with Gasteiger partial charge >= 0.3 is 6.02 Å². The lowest BCUT2D eigenvalue weighted by atomic mass is 10.1. The molecule has 0 fully saturated rings. The van der Waals surface area contributed by atoms with Gasteiger partial charge in [-0.3, -0.25) is 4.90 Å². The normalized spacial score (nSPS) is 17.2. The summed E-state index contributed by atoms with van der Waals surface area (Å²) in [6.07, 6.45) is 1.78. The number of anilines is 2. The van der Waals surface area contributed by atoms with Crippen molar-refractivity contribution < 1.29 is 9.47 Å². The average molecular weight is 434 g/mol. The van der Waals surface area contributed by atoms with Crippen molar-refractivity contribution in [1.29, 1.82) is 0 Å². The van der Waals surface area contributed by atoms with Crippen molar-refractivity contribution in [2.24, 2.45) is 4.99 Å². The highest BCUT2D eigenvalue weighted by Crippen LogP contribution is 2.43. The summed E-state index contributed by atoms with van der Waals surface area (Å²) in [6.45, 7) is 6.47. The predicted octanol–water partition coefficient (Wildman–Crippen LogP) is 3.73. The fourth-order valence-electron chi connectivity index (χ4n) is 4.24. The van der Waals surface area contributed by atoms with Crippen molar-refractivity contribution in [2.75, 3.05) is 17.7 Å². The van der Waals surface area contributed by atoms with Gasteiger partial charge in [0, 0.05) is 16.8 Å². The zero-order chi connectivity index (χ0) is 22.5. The van der Waals surface area contributed by atoms with Crippen molar-refractivity contribution in [3.05, 3.63) is 53.1 Å². The van der Waals surface area contributed by atoms with Gasteiger partial charge in [-0.25, -0.2) is 0 Å². The molecular weight excluding hydrogens is 406 g/mol. The molecule has 0 saturated heterocycles. The highest BCUT2D eigenvalue weighted by molar-refractivity contribution is 5.94. The molecule has 0 radical (unpaired) electrons. The Morgan fingerprint density at radius 1 is 1.19 bits per heavy atom. The first kappa shape index (κ1) is 20.3. The Balaban J connectivity index is 1.64. The fourth-order valence-corrected chi connectivity index (χ4v) is 4.24. The first-order valence-electron chi connectivity index (χ1n) is 10.7. The molecule has 9 nitrogen and oxygen atoms in total. The van der Waals surface area contributed by atoms with E-state index in [-0.39, 0.29) is 11.6 Å². The van der Waals surface area contributed by atoms with Crippen LogP contribution in [0.15, 0.2) is 41.4 Å². The minimum Gasteiger partial charge on any atom is -0.496 e. The molecule has 5 rings (SSSR count). The van der Waals surface area contributed by atoms with Gasteiger partial charge in [0.1, 0.15) is 12.4 Å². The number of hydrogen-bond donors (Lipinski definition) is 1. The maximum atomic E-state index is 6.13. The van der Waals surface area contributed by atoms with E-state index in [1.165, 1.54) is 5.56 Å². The van der Waals surface area contributed by atoms with Crippen LogP contribution in [0, 0.1) is 0 Å². The number of nitrogens with zero attached hydrogens (tertiary/aromatic N) is 6. The molecule has 2 aliphatic rings. The summed E-state index contributed by atoms with van der Waals surface area (Å²) < 4.78 is 11.8. The number of hydrogen-bond acceptors (Lipinski definition) is 8. The second-order valence-corrected chi connectivity index (χ2v) is 9.08. The molecule has 1 unspecified atom stereocenters. The van der Waals surface area contributed by atoms with E-state index in [0.29, 0.717) is 24.3 Å². The Morgan fingerprint density at radius 2 is 2.03 bits per heavy atom. The molecule has 0 bridgehead atoms. The molecule has 1 aromatic heterocycles. The quantitative estimate of drug-likeness (QED) is 0.628. The number of aryl methyl sites for hydroxylation is 1. The summed E-state index contributed by atoms with van der Waals surface area (Å²) >= 11 is 0. The van der Waals surface area contributed by atoms with Crippen LogP contribution in [0.3, 0.4) is 0 Å². The third kappa shape index (κ3) is 3.43. The fraction of sp³-hybridized carbons (Fsp3) is 0.391. The van der Waals surface area contributed by atoms with Crippen molar-refractivity contribution >= 4 is 23.3 Å². The van der Waals surface area contributed by atoms with Crippen molar-refractivity contribution in [1.82, 2.24) is 20.2 Å². The van der Waals surface area contributed by atoms with Crippen LogP contribution in [0.2, 0.25) is 0 Å². The molecular formula is C23H27N7O2. The van der Waals surface area contributed by atoms with Gasteiger partial charge in [-0.15, -0.1) is 5.10 Å². The van der Waals surface area contributed by atoms with E-state index in [9.17, 15) is 0 Å². The third-order valence-electron chi connectivity index (χ3n) is 5.81. The molecule has 166 valence electrons. The number of nitrogens with two attached hydrogens (primary N) is 1. The van der Waals surface area contributed by atoms with Crippen LogP contribution in [0.4, 0.5) is 17.3 Å². The molecule has 2 aromatic carbocycles. The molecule has 2 heterocycles. The summed E-state index contributed by atoms with van der Waals surface area (Å²) in [7, 11) is 1.69. The number of aromatic nitrogens is 4. The average Bonchev–Trinajstić information content (AvgIpc) is 3.42. The number of aliphatic imine (C=N–C) groups is 1. The molecule has 1 atom stereocenters. The molecule has 2 N–H and O–H groups in total. The SMILES string of the molecule is COc1cccc2c1C(N(C1=Nc3ccc(N)cc3CO1)c1nnn(C(C)(C)C)n1)CC2. The Kier molecular flexibility index (Phi) is 4.76. The molecule has 0 amide bonds. The van der Waals surface area contributed by atoms with E-state index in [4.69, 9.17) is 25.3 Å². The van der Waals surface area contributed by atoms with Gasteiger partial charge in [-0.2, -0.15) is 9.79 Å². The molecule has 0 spiro atoms. The predicted molar refractivity (Wildman–Crippen MR) is 122 cm³/mol. The van der Waals surface area contributed by atoms with Gasteiger partial charge in [0.25, 0.3) is 5.95 Å². The Bertz CT molecular complexity index is 1200. The number of benzene rings is 2. The lowest BCUT2D eigenvalue weighted by Gasteiger charge is -2.31. The van der Waals surface area contributed by atoms with Crippen LogP contribution in [-0.2, 0) is 23.3 Å². The molecule has 3 aromatic rings. The first-order chi connectivity index (χ1) is 15.3. The highest BCUT2D eigenvalue weighted by Gasteiger charge is 2.38. The van der Waals surface area contributed by atoms with E-state index in [1.807, 2.05) is 56.0 Å². The third-order valence-corrected chi connectivity index (χ3v) is 5.81. The summed E-state index contributed by atoms with van der Waals surface area (Å²) in [6, 6.07) is 12.1. The molecule has 32 heavy (non-hydrogen) atoms. The molecule has 1 aliphatic carbocycles. The van der Waals surface area contributed by atoms with Crippen molar-refractivity contribution in [3.8, 4) is 5.75 Å². The minimum absolute atomic E-state index is 0.0900.